The molecule has 0 saturated carbocycles. The molecule has 0 spiro atoms. The second-order valence-corrected chi connectivity index (χ2v) is 7.90. The number of thioether (sulfide) groups is 1. The second kappa shape index (κ2) is 9.86. The first kappa shape index (κ1) is 20.6. The fourth-order valence-corrected chi connectivity index (χ4v) is 3.38. The molecule has 2 aromatic rings. The van der Waals surface area contributed by atoms with Gasteiger partial charge in [0.15, 0.2) is 0 Å². The van der Waals surface area contributed by atoms with Crippen molar-refractivity contribution in [3.8, 4) is 0 Å². The van der Waals surface area contributed by atoms with E-state index in [0.717, 1.165) is 12.1 Å². The molecule has 0 aliphatic rings. The van der Waals surface area contributed by atoms with Crippen molar-refractivity contribution in [2.45, 2.75) is 25.5 Å². The van der Waals surface area contributed by atoms with Crippen LogP contribution >= 0.6 is 35.0 Å². The molecule has 1 atom stereocenters. The fraction of sp³-hybridized carbons (Fsp3) is 0.263. The van der Waals surface area contributed by atoms with Crippen LogP contribution in [0.15, 0.2) is 42.5 Å². The lowest BCUT2D eigenvalue weighted by Crippen LogP contribution is -2.25. The first-order valence-corrected chi connectivity index (χ1v) is 9.95. The standard InChI is InChI=1S/C19H20Cl2N2O2S/c1-3-13-4-6-16(7-5-13)22-18(24)11-26-12(2)19(25)23-17-9-14(20)8-15(21)10-17/h4-10,12H,3,11H2,1-2H3,(H,22,24)(H,23,25)/t12-/m1/s1. The highest BCUT2D eigenvalue weighted by Gasteiger charge is 2.16. The Morgan fingerprint density at radius 2 is 1.62 bits per heavy atom. The summed E-state index contributed by atoms with van der Waals surface area (Å²) in [6.07, 6.45) is 0.953. The van der Waals surface area contributed by atoms with E-state index in [-0.39, 0.29) is 17.6 Å². The summed E-state index contributed by atoms with van der Waals surface area (Å²) in [4.78, 5) is 24.3. The zero-order valence-electron chi connectivity index (χ0n) is 14.5. The predicted octanol–water partition coefficient (Wildman–Crippen LogP) is 5.25. The van der Waals surface area contributed by atoms with Crippen LogP contribution in [0.25, 0.3) is 0 Å². The minimum absolute atomic E-state index is 0.148. The smallest absolute Gasteiger partial charge is 0.237 e. The predicted molar refractivity (Wildman–Crippen MR) is 111 cm³/mol. The van der Waals surface area contributed by atoms with E-state index in [2.05, 4.69) is 17.6 Å². The lowest BCUT2D eigenvalue weighted by molar-refractivity contribution is -0.115. The number of anilines is 2. The minimum Gasteiger partial charge on any atom is -0.325 e. The van der Waals surface area contributed by atoms with Gasteiger partial charge in [0.2, 0.25) is 11.8 Å². The van der Waals surface area contributed by atoms with E-state index in [1.54, 1.807) is 25.1 Å². The summed E-state index contributed by atoms with van der Waals surface area (Å²) in [5, 5.41) is 6.06. The van der Waals surface area contributed by atoms with Crippen LogP contribution in [0.2, 0.25) is 10.0 Å². The van der Waals surface area contributed by atoms with Crippen LogP contribution in [-0.4, -0.2) is 22.8 Å². The molecule has 0 radical (unpaired) electrons. The molecule has 26 heavy (non-hydrogen) atoms. The van der Waals surface area contributed by atoms with Gasteiger partial charge in [-0.15, -0.1) is 11.8 Å². The quantitative estimate of drug-likeness (QED) is 0.654. The summed E-state index contributed by atoms with van der Waals surface area (Å²) >= 11 is 13.1. The molecule has 0 fully saturated rings. The van der Waals surface area contributed by atoms with Gasteiger partial charge in [-0.2, -0.15) is 0 Å². The SMILES string of the molecule is CCc1ccc(NC(=O)CS[C@H](C)C(=O)Nc2cc(Cl)cc(Cl)c2)cc1. The highest BCUT2D eigenvalue weighted by molar-refractivity contribution is 8.01. The van der Waals surface area contributed by atoms with E-state index in [1.165, 1.54) is 17.3 Å². The Kier molecular flexibility index (Phi) is 7.82. The molecule has 2 rings (SSSR count). The van der Waals surface area contributed by atoms with Crippen LogP contribution in [0.3, 0.4) is 0 Å². The highest BCUT2D eigenvalue weighted by Crippen LogP contribution is 2.23. The van der Waals surface area contributed by atoms with Crippen molar-refractivity contribution >= 4 is 58.2 Å². The number of nitrogens with one attached hydrogen (secondary N) is 2. The number of carbonyl (C=O) groups is 2. The Balaban J connectivity index is 1.81. The van der Waals surface area contributed by atoms with Gasteiger partial charge in [-0.1, -0.05) is 42.3 Å². The molecule has 7 heteroatoms. The van der Waals surface area contributed by atoms with Gasteiger partial charge in [-0.3, -0.25) is 9.59 Å². The Morgan fingerprint density at radius 3 is 2.19 bits per heavy atom. The number of hydrogen-bond donors (Lipinski definition) is 2. The molecule has 2 aromatic carbocycles. The summed E-state index contributed by atoms with van der Waals surface area (Å²) < 4.78 is 0. The van der Waals surface area contributed by atoms with Crippen LogP contribution in [0.1, 0.15) is 19.4 Å². The summed E-state index contributed by atoms with van der Waals surface area (Å²) in [5.41, 5.74) is 2.49. The molecule has 0 heterocycles. The van der Waals surface area contributed by atoms with Gasteiger partial charge in [0.25, 0.3) is 0 Å². The van der Waals surface area contributed by atoms with Gasteiger partial charge in [0, 0.05) is 21.4 Å². The molecule has 0 unspecified atom stereocenters. The Labute approximate surface area is 167 Å². The van der Waals surface area contributed by atoms with Crippen LogP contribution < -0.4 is 10.6 Å². The van der Waals surface area contributed by atoms with Crippen molar-refractivity contribution in [2.75, 3.05) is 16.4 Å². The van der Waals surface area contributed by atoms with E-state index in [1.807, 2.05) is 24.3 Å². The lowest BCUT2D eigenvalue weighted by atomic mass is 10.1. The van der Waals surface area contributed by atoms with E-state index in [9.17, 15) is 9.59 Å². The maximum Gasteiger partial charge on any atom is 0.237 e. The first-order valence-electron chi connectivity index (χ1n) is 8.14. The molecular weight excluding hydrogens is 391 g/mol. The van der Waals surface area contributed by atoms with Crippen LogP contribution in [0.5, 0.6) is 0 Å². The third-order valence-corrected chi connectivity index (χ3v) is 5.19. The molecule has 0 aromatic heterocycles. The van der Waals surface area contributed by atoms with Gasteiger partial charge in [-0.25, -0.2) is 0 Å². The van der Waals surface area contributed by atoms with Gasteiger partial charge < -0.3 is 10.6 Å². The molecule has 0 aliphatic heterocycles. The maximum atomic E-state index is 12.2. The lowest BCUT2D eigenvalue weighted by Gasteiger charge is -2.13. The Hall–Kier alpha value is -1.69. The van der Waals surface area contributed by atoms with E-state index in [4.69, 9.17) is 23.2 Å². The number of benzene rings is 2. The molecule has 2 N–H and O–H groups in total. The van der Waals surface area contributed by atoms with Gasteiger partial charge in [0.05, 0.1) is 11.0 Å². The first-order chi connectivity index (χ1) is 12.4. The number of aryl methyl sites for hydroxylation is 1. The number of hydrogen-bond acceptors (Lipinski definition) is 3. The van der Waals surface area contributed by atoms with Crippen LogP contribution in [0.4, 0.5) is 11.4 Å². The number of carbonyl (C=O) groups excluding carboxylic acids is 2. The third kappa shape index (κ3) is 6.56. The monoisotopic (exact) mass is 410 g/mol. The van der Waals surface area contributed by atoms with Gasteiger partial charge >= 0.3 is 0 Å². The van der Waals surface area contributed by atoms with Crippen molar-refractivity contribution in [2.24, 2.45) is 0 Å². The molecule has 138 valence electrons. The van der Waals surface area contributed by atoms with Crippen molar-refractivity contribution in [3.63, 3.8) is 0 Å². The Morgan fingerprint density at radius 1 is 1.00 bits per heavy atom. The third-order valence-electron chi connectivity index (χ3n) is 3.61. The van der Waals surface area contributed by atoms with Crippen molar-refractivity contribution < 1.29 is 9.59 Å². The molecular formula is C19H20Cl2N2O2S. The number of rotatable bonds is 7. The zero-order valence-corrected chi connectivity index (χ0v) is 16.8. The summed E-state index contributed by atoms with van der Waals surface area (Å²) in [5.74, 6) is -0.182. The molecule has 4 nitrogen and oxygen atoms in total. The van der Waals surface area contributed by atoms with Crippen molar-refractivity contribution in [1.29, 1.82) is 0 Å². The average Bonchev–Trinajstić information content (AvgIpc) is 2.59. The van der Waals surface area contributed by atoms with Crippen LogP contribution in [-0.2, 0) is 16.0 Å². The summed E-state index contributed by atoms with van der Waals surface area (Å²) in [7, 11) is 0. The van der Waals surface area contributed by atoms with E-state index >= 15 is 0 Å². The minimum atomic E-state index is -0.402. The van der Waals surface area contributed by atoms with E-state index < -0.39 is 5.25 Å². The molecule has 0 bridgehead atoms. The van der Waals surface area contributed by atoms with Gasteiger partial charge in [-0.05, 0) is 49.2 Å². The van der Waals surface area contributed by atoms with Gasteiger partial charge in [0.1, 0.15) is 0 Å². The average molecular weight is 411 g/mol. The topological polar surface area (TPSA) is 58.2 Å². The maximum absolute atomic E-state index is 12.2. The normalized spacial score (nSPS) is 11.7. The molecule has 0 saturated heterocycles. The molecule has 0 aliphatic carbocycles. The van der Waals surface area contributed by atoms with Crippen molar-refractivity contribution in [1.82, 2.24) is 0 Å². The summed E-state index contributed by atoms with van der Waals surface area (Å²) in [6, 6.07) is 12.5. The fourth-order valence-electron chi connectivity index (χ4n) is 2.17. The highest BCUT2D eigenvalue weighted by atomic mass is 35.5. The van der Waals surface area contributed by atoms with Crippen molar-refractivity contribution in [3.05, 3.63) is 58.1 Å². The van der Waals surface area contributed by atoms with E-state index in [0.29, 0.717) is 15.7 Å². The van der Waals surface area contributed by atoms with Crippen LogP contribution in [0, 0.1) is 0 Å². The number of amides is 2. The second-order valence-electron chi connectivity index (χ2n) is 5.70. The zero-order chi connectivity index (χ0) is 19.1. The largest absolute Gasteiger partial charge is 0.325 e. The molecule has 2 amide bonds. The Bertz CT molecular complexity index is 761. The number of halogens is 2. The summed E-state index contributed by atoms with van der Waals surface area (Å²) in [6.45, 7) is 3.82.